The summed E-state index contributed by atoms with van der Waals surface area (Å²) in [6, 6.07) is 7.67. The minimum Gasteiger partial charge on any atom is -0.462 e. The summed E-state index contributed by atoms with van der Waals surface area (Å²) < 4.78 is 16.2. The smallest absolute Gasteiger partial charge is 0.342 e. The van der Waals surface area contributed by atoms with Crippen LogP contribution in [0.3, 0.4) is 0 Å². The number of nitrogens with zero attached hydrogens (tertiary/aromatic N) is 2. The lowest BCUT2D eigenvalue weighted by Gasteiger charge is -2.05. The van der Waals surface area contributed by atoms with Crippen molar-refractivity contribution in [3.05, 3.63) is 58.0 Å². The van der Waals surface area contributed by atoms with Gasteiger partial charge in [0.25, 0.3) is 5.69 Å². The van der Waals surface area contributed by atoms with Gasteiger partial charge in [-0.1, -0.05) is 0 Å². The number of carbonyl (C=O) groups excluding carboxylic acids is 1. The number of aromatic nitrogens is 1. The Morgan fingerprint density at radius 3 is 2.76 bits per heavy atom. The molecule has 2 aromatic heterocycles. The van der Waals surface area contributed by atoms with Crippen LogP contribution in [0.5, 0.6) is 11.6 Å². The molecule has 0 N–H and O–H groups in total. The molecule has 8 heteroatoms. The average Bonchev–Trinajstić information content (AvgIpc) is 2.91. The number of benzene rings is 1. The molecule has 0 fully saturated rings. The molecule has 8 nitrogen and oxygen atoms in total. The van der Waals surface area contributed by atoms with Crippen molar-refractivity contribution in [3.63, 3.8) is 0 Å². The van der Waals surface area contributed by atoms with Gasteiger partial charge >= 0.3 is 5.97 Å². The zero-order valence-electron chi connectivity index (χ0n) is 13.5. The van der Waals surface area contributed by atoms with Crippen LogP contribution in [-0.2, 0) is 4.74 Å². The number of aryl methyl sites for hydroxylation is 1. The number of ether oxygens (including phenoxy) is 2. The SMILES string of the molecule is CCOC(=O)c1c(C)oc2ccc(Oc3ccc([N+](=O)[O-])cn3)cc12. The van der Waals surface area contributed by atoms with Gasteiger partial charge in [0.1, 0.15) is 28.9 Å². The Balaban J connectivity index is 1.93. The summed E-state index contributed by atoms with van der Waals surface area (Å²) in [5.74, 6) is 0.603. The molecular weight excluding hydrogens is 328 g/mol. The van der Waals surface area contributed by atoms with E-state index in [4.69, 9.17) is 13.9 Å². The Bertz CT molecular complexity index is 946. The molecule has 0 aliphatic heterocycles. The fraction of sp³-hybridized carbons (Fsp3) is 0.176. The lowest BCUT2D eigenvalue weighted by Crippen LogP contribution is -2.05. The molecule has 0 spiro atoms. The molecule has 1 aromatic carbocycles. The number of furan rings is 1. The molecule has 0 saturated carbocycles. The summed E-state index contributed by atoms with van der Waals surface area (Å²) >= 11 is 0. The third kappa shape index (κ3) is 3.27. The van der Waals surface area contributed by atoms with Crippen LogP contribution in [0, 0.1) is 17.0 Å². The normalized spacial score (nSPS) is 10.6. The predicted molar refractivity (Wildman–Crippen MR) is 87.9 cm³/mol. The van der Waals surface area contributed by atoms with Gasteiger partial charge in [-0.2, -0.15) is 0 Å². The van der Waals surface area contributed by atoms with Gasteiger partial charge in [0.05, 0.1) is 11.5 Å². The summed E-state index contributed by atoms with van der Waals surface area (Å²) in [6.07, 6.45) is 1.11. The highest BCUT2D eigenvalue weighted by molar-refractivity contribution is 6.04. The molecule has 128 valence electrons. The zero-order chi connectivity index (χ0) is 18.0. The number of hydrogen-bond donors (Lipinski definition) is 0. The van der Waals surface area contributed by atoms with Crippen LogP contribution in [0.25, 0.3) is 11.0 Å². The highest BCUT2D eigenvalue weighted by Gasteiger charge is 2.20. The number of fused-ring (bicyclic) bond motifs is 1. The van der Waals surface area contributed by atoms with E-state index < -0.39 is 10.9 Å². The van der Waals surface area contributed by atoms with E-state index in [9.17, 15) is 14.9 Å². The van der Waals surface area contributed by atoms with Crippen LogP contribution in [0.2, 0.25) is 0 Å². The maximum atomic E-state index is 12.1. The Hall–Kier alpha value is -3.42. The Kier molecular flexibility index (Phi) is 4.34. The van der Waals surface area contributed by atoms with Crippen molar-refractivity contribution in [2.24, 2.45) is 0 Å². The minimum absolute atomic E-state index is 0.127. The first-order valence-corrected chi connectivity index (χ1v) is 7.48. The summed E-state index contributed by atoms with van der Waals surface area (Å²) in [7, 11) is 0. The fourth-order valence-corrected chi connectivity index (χ4v) is 2.38. The average molecular weight is 342 g/mol. The van der Waals surface area contributed by atoms with Gasteiger partial charge in [-0.25, -0.2) is 9.78 Å². The van der Waals surface area contributed by atoms with E-state index in [1.807, 2.05) is 0 Å². The van der Waals surface area contributed by atoms with Crippen molar-refractivity contribution in [3.8, 4) is 11.6 Å². The van der Waals surface area contributed by atoms with Crippen LogP contribution < -0.4 is 4.74 Å². The van der Waals surface area contributed by atoms with Crippen molar-refractivity contribution in [2.45, 2.75) is 13.8 Å². The van der Waals surface area contributed by atoms with Crippen LogP contribution in [0.1, 0.15) is 23.0 Å². The van der Waals surface area contributed by atoms with Crippen molar-refractivity contribution < 1.29 is 23.6 Å². The number of carbonyl (C=O) groups is 1. The molecular formula is C17H14N2O6. The second-order valence-electron chi connectivity index (χ2n) is 5.13. The van der Waals surface area contributed by atoms with Gasteiger partial charge < -0.3 is 13.9 Å². The molecule has 3 rings (SSSR count). The highest BCUT2D eigenvalue weighted by Crippen LogP contribution is 2.31. The van der Waals surface area contributed by atoms with Gasteiger partial charge in [-0.3, -0.25) is 10.1 Å². The van der Waals surface area contributed by atoms with Crippen LogP contribution >= 0.6 is 0 Å². The molecule has 0 amide bonds. The van der Waals surface area contributed by atoms with Crippen molar-refractivity contribution in [1.29, 1.82) is 0 Å². The standard InChI is InChI=1S/C17H14N2O6/c1-3-23-17(20)16-10(2)24-14-6-5-12(8-13(14)16)25-15-7-4-11(9-18-15)19(21)22/h4-9H,3H2,1-2H3. The van der Waals surface area contributed by atoms with Crippen LogP contribution in [0.15, 0.2) is 40.9 Å². The molecule has 0 atom stereocenters. The first kappa shape index (κ1) is 16.4. The third-order valence-corrected chi connectivity index (χ3v) is 3.47. The molecule has 3 aromatic rings. The molecule has 0 unspecified atom stereocenters. The van der Waals surface area contributed by atoms with E-state index in [1.165, 1.54) is 12.1 Å². The molecule has 0 bridgehead atoms. The second-order valence-corrected chi connectivity index (χ2v) is 5.13. The monoisotopic (exact) mass is 342 g/mol. The number of hydrogen-bond acceptors (Lipinski definition) is 7. The fourth-order valence-electron chi connectivity index (χ4n) is 2.38. The first-order valence-electron chi connectivity index (χ1n) is 7.48. The molecule has 25 heavy (non-hydrogen) atoms. The van der Waals surface area contributed by atoms with Gasteiger partial charge in [0, 0.05) is 17.5 Å². The van der Waals surface area contributed by atoms with Gasteiger partial charge in [-0.05, 0) is 32.0 Å². The second kappa shape index (κ2) is 6.60. The van der Waals surface area contributed by atoms with E-state index in [0.717, 1.165) is 6.20 Å². The van der Waals surface area contributed by atoms with Gasteiger partial charge in [0.2, 0.25) is 5.88 Å². The van der Waals surface area contributed by atoms with E-state index >= 15 is 0 Å². The zero-order valence-corrected chi connectivity index (χ0v) is 13.5. The maximum Gasteiger partial charge on any atom is 0.342 e. The molecule has 2 heterocycles. The summed E-state index contributed by atoms with van der Waals surface area (Å²) in [4.78, 5) is 26.1. The number of nitro groups is 1. The molecule has 0 aliphatic carbocycles. The van der Waals surface area contributed by atoms with E-state index in [1.54, 1.807) is 32.0 Å². The number of pyridine rings is 1. The summed E-state index contributed by atoms with van der Waals surface area (Å²) in [6.45, 7) is 3.67. The number of rotatable bonds is 5. The van der Waals surface area contributed by atoms with Gasteiger partial charge in [0.15, 0.2) is 0 Å². The Morgan fingerprint density at radius 1 is 1.32 bits per heavy atom. The quantitative estimate of drug-likeness (QED) is 0.392. The van der Waals surface area contributed by atoms with E-state index in [0.29, 0.717) is 28.0 Å². The Morgan fingerprint density at radius 2 is 2.12 bits per heavy atom. The van der Waals surface area contributed by atoms with Crippen molar-refractivity contribution in [1.82, 2.24) is 4.98 Å². The third-order valence-electron chi connectivity index (χ3n) is 3.47. The highest BCUT2D eigenvalue weighted by atomic mass is 16.6. The van der Waals surface area contributed by atoms with Crippen LogP contribution in [-0.4, -0.2) is 22.5 Å². The van der Waals surface area contributed by atoms with Crippen molar-refractivity contribution in [2.75, 3.05) is 6.61 Å². The Labute approximate surface area is 142 Å². The van der Waals surface area contributed by atoms with Crippen molar-refractivity contribution >= 4 is 22.6 Å². The maximum absolute atomic E-state index is 12.1. The summed E-state index contributed by atoms with van der Waals surface area (Å²) in [5, 5.41) is 11.2. The molecule has 0 saturated heterocycles. The number of esters is 1. The van der Waals surface area contributed by atoms with Gasteiger partial charge in [-0.15, -0.1) is 0 Å². The van der Waals surface area contributed by atoms with E-state index in [2.05, 4.69) is 4.98 Å². The molecule has 0 aliphatic rings. The van der Waals surface area contributed by atoms with E-state index in [-0.39, 0.29) is 18.2 Å². The predicted octanol–water partition coefficient (Wildman–Crippen LogP) is 4.01. The largest absolute Gasteiger partial charge is 0.462 e. The lowest BCUT2D eigenvalue weighted by atomic mass is 10.1. The topological polar surface area (TPSA) is 105 Å². The molecule has 0 radical (unpaired) electrons. The lowest BCUT2D eigenvalue weighted by molar-refractivity contribution is -0.385. The van der Waals surface area contributed by atoms with Crippen LogP contribution in [0.4, 0.5) is 5.69 Å². The summed E-state index contributed by atoms with van der Waals surface area (Å²) in [5.41, 5.74) is 0.751. The minimum atomic E-state index is -0.539. The first-order chi connectivity index (χ1) is 12.0.